The van der Waals surface area contributed by atoms with Crippen LogP contribution in [0.2, 0.25) is 0 Å². The van der Waals surface area contributed by atoms with Gasteiger partial charge in [-0.05, 0) is 48.9 Å². The highest BCUT2D eigenvalue weighted by molar-refractivity contribution is 5.87. The summed E-state index contributed by atoms with van der Waals surface area (Å²) in [7, 11) is 0. The zero-order valence-electron chi connectivity index (χ0n) is 14.8. The van der Waals surface area contributed by atoms with E-state index in [-0.39, 0.29) is 5.91 Å². The molecule has 0 aromatic heterocycles. The molecule has 23 heavy (non-hydrogen) atoms. The summed E-state index contributed by atoms with van der Waals surface area (Å²) in [4.78, 5) is 12.5. The first-order chi connectivity index (χ1) is 10.8. The minimum absolute atomic E-state index is 0.0786. The third-order valence-electron chi connectivity index (χ3n) is 4.30. The van der Waals surface area contributed by atoms with Crippen LogP contribution in [0.4, 0.5) is 0 Å². The number of nitrogens with one attached hydrogen (secondary N) is 1. The molecule has 0 aliphatic rings. The zero-order chi connectivity index (χ0) is 17.0. The Hall–Kier alpha value is -2.09. The molecule has 0 saturated carbocycles. The van der Waals surface area contributed by atoms with Crippen LogP contribution in [0.25, 0.3) is 11.1 Å². The van der Waals surface area contributed by atoms with E-state index in [0.29, 0.717) is 12.5 Å². The second kappa shape index (κ2) is 6.99. The topological polar surface area (TPSA) is 29.1 Å². The molecule has 0 aliphatic carbocycles. The van der Waals surface area contributed by atoms with Gasteiger partial charge in [0.15, 0.2) is 0 Å². The average Bonchev–Trinajstić information content (AvgIpc) is 2.53. The van der Waals surface area contributed by atoms with Crippen LogP contribution in [0.5, 0.6) is 0 Å². The van der Waals surface area contributed by atoms with E-state index in [1.807, 2.05) is 13.8 Å². The molecule has 2 aromatic carbocycles. The van der Waals surface area contributed by atoms with Crippen LogP contribution in [0, 0.1) is 12.8 Å². The van der Waals surface area contributed by atoms with Crippen LogP contribution in [0.1, 0.15) is 38.8 Å². The summed E-state index contributed by atoms with van der Waals surface area (Å²) in [6.45, 7) is 11.0. The molecule has 0 unspecified atom stereocenters. The molecule has 0 heterocycles. The standard InChI is InChI=1S/C21H27NO/c1-15(2)14-22-20(23)21(4,5)18-12-10-17(11-13-18)19-9-7-6-8-16(19)3/h6-13,15H,14H2,1-5H3,(H,22,23). The van der Waals surface area contributed by atoms with Crippen molar-refractivity contribution in [3.05, 3.63) is 59.7 Å². The van der Waals surface area contributed by atoms with Gasteiger partial charge < -0.3 is 5.32 Å². The van der Waals surface area contributed by atoms with Crippen molar-refractivity contribution in [2.75, 3.05) is 6.54 Å². The van der Waals surface area contributed by atoms with Gasteiger partial charge in [0.1, 0.15) is 0 Å². The number of amides is 1. The molecule has 0 bridgehead atoms. The first-order valence-corrected chi connectivity index (χ1v) is 8.27. The molecule has 0 aliphatic heterocycles. The lowest BCUT2D eigenvalue weighted by atomic mass is 9.82. The molecule has 0 atom stereocenters. The average molecular weight is 309 g/mol. The third-order valence-corrected chi connectivity index (χ3v) is 4.30. The fourth-order valence-electron chi connectivity index (χ4n) is 2.61. The van der Waals surface area contributed by atoms with Crippen LogP contribution in [-0.4, -0.2) is 12.5 Å². The SMILES string of the molecule is Cc1ccccc1-c1ccc(C(C)(C)C(=O)NCC(C)C)cc1. The van der Waals surface area contributed by atoms with E-state index in [1.54, 1.807) is 0 Å². The molecule has 2 nitrogen and oxygen atoms in total. The fourth-order valence-corrected chi connectivity index (χ4v) is 2.61. The highest BCUT2D eigenvalue weighted by Gasteiger charge is 2.29. The first-order valence-electron chi connectivity index (χ1n) is 8.27. The van der Waals surface area contributed by atoms with Gasteiger partial charge >= 0.3 is 0 Å². The van der Waals surface area contributed by atoms with Gasteiger partial charge in [-0.1, -0.05) is 62.4 Å². The van der Waals surface area contributed by atoms with Gasteiger partial charge in [0.05, 0.1) is 5.41 Å². The van der Waals surface area contributed by atoms with Gasteiger partial charge in [-0.2, -0.15) is 0 Å². The lowest BCUT2D eigenvalue weighted by Crippen LogP contribution is -2.41. The molecule has 0 spiro atoms. The molecule has 1 amide bonds. The predicted octanol–water partition coefficient (Wildman–Crippen LogP) is 4.71. The lowest BCUT2D eigenvalue weighted by Gasteiger charge is -2.25. The molecule has 122 valence electrons. The van der Waals surface area contributed by atoms with Crippen LogP contribution < -0.4 is 5.32 Å². The van der Waals surface area contributed by atoms with Crippen molar-refractivity contribution in [1.82, 2.24) is 5.32 Å². The van der Waals surface area contributed by atoms with Crippen molar-refractivity contribution in [2.45, 2.75) is 40.0 Å². The molecule has 2 aromatic rings. The Bertz CT molecular complexity index is 668. The van der Waals surface area contributed by atoms with Crippen molar-refractivity contribution < 1.29 is 4.79 Å². The van der Waals surface area contributed by atoms with E-state index < -0.39 is 5.41 Å². The fraction of sp³-hybridized carbons (Fsp3) is 0.381. The highest BCUT2D eigenvalue weighted by atomic mass is 16.2. The van der Waals surface area contributed by atoms with E-state index in [1.165, 1.54) is 16.7 Å². The maximum absolute atomic E-state index is 12.5. The van der Waals surface area contributed by atoms with Crippen LogP contribution in [0.15, 0.2) is 48.5 Å². The molecule has 0 fully saturated rings. The summed E-state index contributed by atoms with van der Waals surface area (Å²) < 4.78 is 0. The van der Waals surface area contributed by atoms with Crippen molar-refractivity contribution in [3.63, 3.8) is 0 Å². The van der Waals surface area contributed by atoms with E-state index in [0.717, 1.165) is 5.56 Å². The zero-order valence-corrected chi connectivity index (χ0v) is 14.8. The Kier molecular flexibility index (Phi) is 5.25. The minimum Gasteiger partial charge on any atom is -0.355 e. The molecular formula is C21H27NO. The first kappa shape index (κ1) is 17.3. The summed E-state index contributed by atoms with van der Waals surface area (Å²) in [6.07, 6.45) is 0. The van der Waals surface area contributed by atoms with Gasteiger partial charge in [0.25, 0.3) is 0 Å². The normalized spacial score (nSPS) is 11.6. The number of carbonyl (C=O) groups is 1. The van der Waals surface area contributed by atoms with Crippen LogP contribution >= 0.6 is 0 Å². The van der Waals surface area contributed by atoms with E-state index in [4.69, 9.17) is 0 Å². The molecular weight excluding hydrogens is 282 g/mol. The quantitative estimate of drug-likeness (QED) is 0.851. The summed E-state index contributed by atoms with van der Waals surface area (Å²) in [5.41, 5.74) is 4.19. The highest BCUT2D eigenvalue weighted by Crippen LogP contribution is 2.28. The second-order valence-electron chi connectivity index (χ2n) is 7.12. The van der Waals surface area contributed by atoms with Gasteiger partial charge in [-0.25, -0.2) is 0 Å². The summed E-state index contributed by atoms with van der Waals surface area (Å²) >= 11 is 0. The monoisotopic (exact) mass is 309 g/mol. The van der Waals surface area contributed by atoms with Gasteiger partial charge in [-0.15, -0.1) is 0 Å². The molecule has 0 saturated heterocycles. The van der Waals surface area contributed by atoms with Crippen LogP contribution in [0.3, 0.4) is 0 Å². The lowest BCUT2D eigenvalue weighted by molar-refractivity contribution is -0.125. The number of benzene rings is 2. The van der Waals surface area contributed by atoms with Crippen molar-refractivity contribution in [3.8, 4) is 11.1 Å². The summed E-state index contributed by atoms with van der Waals surface area (Å²) in [5.74, 6) is 0.535. The number of hydrogen-bond acceptors (Lipinski definition) is 1. The van der Waals surface area contributed by atoms with E-state index in [2.05, 4.69) is 74.6 Å². The summed E-state index contributed by atoms with van der Waals surface area (Å²) in [5, 5.41) is 3.04. The minimum atomic E-state index is -0.529. The van der Waals surface area contributed by atoms with Crippen molar-refractivity contribution >= 4 is 5.91 Å². The van der Waals surface area contributed by atoms with Crippen LogP contribution in [-0.2, 0) is 10.2 Å². The Morgan fingerprint density at radius 3 is 2.22 bits per heavy atom. The smallest absolute Gasteiger partial charge is 0.230 e. The van der Waals surface area contributed by atoms with E-state index in [9.17, 15) is 4.79 Å². The number of carbonyl (C=O) groups excluding carboxylic acids is 1. The third kappa shape index (κ3) is 4.01. The molecule has 2 heteroatoms. The van der Waals surface area contributed by atoms with Crippen molar-refractivity contribution in [1.29, 1.82) is 0 Å². The molecule has 2 rings (SSSR count). The van der Waals surface area contributed by atoms with E-state index >= 15 is 0 Å². The van der Waals surface area contributed by atoms with Gasteiger partial charge in [0, 0.05) is 6.54 Å². The second-order valence-corrected chi connectivity index (χ2v) is 7.12. The number of rotatable bonds is 5. The number of hydrogen-bond donors (Lipinski definition) is 1. The van der Waals surface area contributed by atoms with Crippen molar-refractivity contribution in [2.24, 2.45) is 5.92 Å². The Labute approximate surface area is 139 Å². The van der Waals surface area contributed by atoms with Gasteiger partial charge in [0.2, 0.25) is 5.91 Å². The Morgan fingerprint density at radius 2 is 1.65 bits per heavy atom. The summed E-state index contributed by atoms with van der Waals surface area (Å²) in [6, 6.07) is 16.7. The van der Waals surface area contributed by atoms with Gasteiger partial charge in [-0.3, -0.25) is 4.79 Å². The molecule has 1 N–H and O–H groups in total. The maximum atomic E-state index is 12.5. The largest absolute Gasteiger partial charge is 0.355 e. The maximum Gasteiger partial charge on any atom is 0.230 e. The Morgan fingerprint density at radius 1 is 1.04 bits per heavy atom. The molecule has 0 radical (unpaired) electrons. The Balaban J connectivity index is 2.21. The predicted molar refractivity (Wildman–Crippen MR) is 97.5 cm³/mol. The number of aryl methyl sites for hydroxylation is 1.